The van der Waals surface area contributed by atoms with Crippen molar-refractivity contribution >= 4 is 17.5 Å². The summed E-state index contributed by atoms with van der Waals surface area (Å²) in [5.74, 6) is -0.662. The second-order valence-corrected chi connectivity index (χ2v) is 6.44. The Hall–Kier alpha value is -3.00. The number of nitrogens with zero attached hydrogens (tertiary/aromatic N) is 1. The molecule has 0 fully saturated rings. The molecule has 0 saturated heterocycles. The third-order valence-corrected chi connectivity index (χ3v) is 4.53. The van der Waals surface area contributed by atoms with Gasteiger partial charge >= 0.3 is 0 Å². The Labute approximate surface area is 161 Å². The number of nitrogens with one attached hydrogen (secondary N) is 2. The van der Waals surface area contributed by atoms with E-state index in [1.54, 1.807) is 20.1 Å². The van der Waals surface area contributed by atoms with Gasteiger partial charge < -0.3 is 14.5 Å². The molecule has 148 valence electrons. The van der Waals surface area contributed by atoms with E-state index in [-0.39, 0.29) is 17.2 Å². The number of amides is 2. The van der Waals surface area contributed by atoms with Gasteiger partial charge in [-0.15, -0.1) is 0 Å². The molecule has 0 unspecified atom stereocenters. The highest BCUT2D eigenvalue weighted by Crippen LogP contribution is 2.29. The van der Waals surface area contributed by atoms with Crippen LogP contribution in [0.25, 0.3) is 0 Å². The normalized spacial score (nSPS) is 14.6. The van der Waals surface area contributed by atoms with Crippen LogP contribution in [-0.2, 0) is 11.2 Å². The molecular weight excluding hydrogens is 365 g/mol. The number of furan rings is 1. The summed E-state index contributed by atoms with van der Waals surface area (Å²) in [4.78, 5) is 24.5. The second kappa shape index (κ2) is 8.79. The van der Waals surface area contributed by atoms with E-state index in [1.165, 1.54) is 18.2 Å². The lowest BCUT2D eigenvalue weighted by molar-refractivity contribution is 0.0905. The molecule has 2 aromatic rings. The molecule has 8 heteroatoms. The van der Waals surface area contributed by atoms with Crippen molar-refractivity contribution in [2.45, 2.75) is 26.2 Å². The van der Waals surface area contributed by atoms with Crippen molar-refractivity contribution in [1.29, 1.82) is 0 Å². The van der Waals surface area contributed by atoms with Crippen LogP contribution in [0.4, 0.5) is 4.39 Å². The summed E-state index contributed by atoms with van der Waals surface area (Å²) in [5.41, 5.74) is 4.35. The number of hydrazone groups is 1. The molecule has 1 aliphatic rings. The van der Waals surface area contributed by atoms with Gasteiger partial charge in [0.15, 0.2) is 5.76 Å². The molecule has 7 nitrogen and oxygen atoms in total. The summed E-state index contributed by atoms with van der Waals surface area (Å²) in [6, 6.07) is 5.70. The smallest absolute Gasteiger partial charge is 0.287 e. The quantitative estimate of drug-likeness (QED) is 0.589. The fraction of sp³-hybridized carbons (Fsp3) is 0.350. The van der Waals surface area contributed by atoms with Crippen LogP contribution in [0.5, 0.6) is 0 Å². The van der Waals surface area contributed by atoms with Crippen LogP contribution >= 0.6 is 0 Å². The average molecular weight is 387 g/mol. The maximum Gasteiger partial charge on any atom is 0.287 e. The molecule has 1 heterocycles. The number of benzene rings is 1. The molecule has 0 saturated carbocycles. The van der Waals surface area contributed by atoms with Gasteiger partial charge in [-0.05, 0) is 31.9 Å². The van der Waals surface area contributed by atoms with Crippen LogP contribution in [0, 0.1) is 12.7 Å². The highest BCUT2D eigenvalue weighted by atomic mass is 19.1. The number of ether oxygens (including phenoxy) is 1. The molecule has 2 amide bonds. The minimum atomic E-state index is -0.628. The summed E-state index contributed by atoms with van der Waals surface area (Å²) in [6.45, 7) is 2.56. The van der Waals surface area contributed by atoms with Crippen LogP contribution in [0.2, 0.25) is 0 Å². The lowest BCUT2D eigenvalue weighted by atomic mass is 9.93. The number of fused-ring (bicyclic) bond motifs is 1. The summed E-state index contributed by atoms with van der Waals surface area (Å²) < 4.78 is 24.4. The van der Waals surface area contributed by atoms with E-state index in [0.29, 0.717) is 43.0 Å². The van der Waals surface area contributed by atoms with E-state index >= 15 is 0 Å². The predicted octanol–water partition coefficient (Wildman–Crippen LogP) is 2.57. The van der Waals surface area contributed by atoms with Gasteiger partial charge in [0.05, 0.1) is 17.9 Å². The third-order valence-electron chi connectivity index (χ3n) is 4.53. The summed E-state index contributed by atoms with van der Waals surface area (Å²) in [6.07, 6.45) is 2.08. The molecule has 0 bridgehead atoms. The molecule has 0 atom stereocenters. The van der Waals surface area contributed by atoms with E-state index in [2.05, 4.69) is 15.8 Å². The van der Waals surface area contributed by atoms with Crippen molar-refractivity contribution in [1.82, 2.24) is 10.7 Å². The molecule has 1 aromatic carbocycles. The maximum atomic E-state index is 13.8. The zero-order valence-corrected chi connectivity index (χ0v) is 15.8. The monoisotopic (exact) mass is 387 g/mol. The Morgan fingerprint density at radius 1 is 1.25 bits per heavy atom. The Morgan fingerprint density at radius 3 is 2.79 bits per heavy atom. The molecular formula is C20H22FN3O4. The summed E-state index contributed by atoms with van der Waals surface area (Å²) >= 11 is 0. The van der Waals surface area contributed by atoms with E-state index in [1.807, 2.05) is 0 Å². The van der Waals surface area contributed by atoms with Crippen LogP contribution in [0.15, 0.2) is 33.8 Å². The molecule has 28 heavy (non-hydrogen) atoms. The number of hydrogen-bond donors (Lipinski definition) is 2. The predicted molar refractivity (Wildman–Crippen MR) is 101 cm³/mol. The van der Waals surface area contributed by atoms with Crippen molar-refractivity contribution in [2.75, 3.05) is 20.3 Å². The number of rotatable bonds is 6. The lowest BCUT2D eigenvalue weighted by Crippen LogP contribution is -2.27. The number of carbonyl (C=O) groups is 2. The topological polar surface area (TPSA) is 92.9 Å². The van der Waals surface area contributed by atoms with Crippen LogP contribution in [-0.4, -0.2) is 37.8 Å². The van der Waals surface area contributed by atoms with Crippen LogP contribution in [0.1, 0.15) is 50.6 Å². The summed E-state index contributed by atoms with van der Waals surface area (Å²) in [5, 5.41) is 6.92. The number of halogens is 1. The fourth-order valence-electron chi connectivity index (χ4n) is 3.17. The number of methoxy groups -OCH3 is 1. The van der Waals surface area contributed by atoms with E-state index in [4.69, 9.17) is 9.15 Å². The first-order chi connectivity index (χ1) is 13.5. The average Bonchev–Trinajstić information content (AvgIpc) is 3.04. The Kier molecular flexibility index (Phi) is 6.20. The van der Waals surface area contributed by atoms with Crippen molar-refractivity contribution in [3.05, 3.63) is 58.3 Å². The molecule has 3 rings (SSSR count). The zero-order chi connectivity index (χ0) is 20.1. The van der Waals surface area contributed by atoms with Gasteiger partial charge in [-0.3, -0.25) is 9.59 Å². The lowest BCUT2D eigenvalue weighted by Gasteiger charge is -2.13. The largest absolute Gasteiger partial charge is 0.455 e. The van der Waals surface area contributed by atoms with Crippen molar-refractivity contribution in [2.24, 2.45) is 5.10 Å². The first kappa shape index (κ1) is 19.8. The maximum absolute atomic E-state index is 13.8. The molecule has 0 spiro atoms. The van der Waals surface area contributed by atoms with Gasteiger partial charge in [-0.2, -0.15) is 5.10 Å². The van der Waals surface area contributed by atoms with Gasteiger partial charge in [0.25, 0.3) is 11.8 Å². The van der Waals surface area contributed by atoms with Crippen molar-refractivity contribution in [3.8, 4) is 0 Å². The summed E-state index contributed by atoms with van der Waals surface area (Å²) in [7, 11) is 1.56. The molecule has 1 aliphatic carbocycles. The zero-order valence-electron chi connectivity index (χ0n) is 15.8. The van der Waals surface area contributed by atoms with Gasteiger partial charge in [-0.1, -0.05) is 12.1 Å². The highest BCUT2D eigenvalue weighted by Gasteiger charge is 2.28. The Balaban J connectivity index is 1.81. The fourth-order valence-corrected chi connectivity index (χ4v) is 3.17. The van der Waals surface area contributed by atoms with Crippen LogP contribution < -0.4 is 10.7 Å². The first-order valence-corrected chi connectivity index (χ1v) is 9.04. The SMILES string of the molecule is COCCNC(=O)c1oc2c(c1C)/C(=N/NC(=O)c1ccccc1F)CCC2. The standard InChI is InChI=1S/C20H22FN3O4/c1-12-17-15(23-24-19(25)13-6-3-4-7-14(13)21)8-5-9-16(17)28-18(12)20(26)22-10-11-27-2/h3-4,6-7H,5,8-11H2,1-2H3,(H,22,26)(H,24,25)/b23-15+. The van der Waals surface area contributed by atoms with Crippen molar-refractivity contribution in [3.63, 3.8) is 0 Å². The van der Waals surface area contributed by atoms with Gasteiger partial charge in [0.1, 0.15) is 11.6 Å². The number of aryl methyl sites for hydroxylation is 1. The molecule has 0 radical (unpaired) electrons. The minimum absolute atomic E-state index is 0.0787. The van der Waals surface area contributed by atoms with E-state index in [0.717, 1.165) is 12.0 Å². The number of hydrogen-bond acceptors (Lipinski definition) is 5. The van der Waals surface area contributed by atoms with Crippen LogP contribution in [0.3, 0.4) is 0 Å². The van der Waals surface area contributed by atoms with Gasteiger partial charge in [0, 0.05) is 31.2 Å². The first-order valence-electron chi connectivity index (χ1n) is 9.04. The third kappa shape index (κ3) is 4.12. The highest BCUT2D eigenvalue weighted by molar-refractivity contribution is 6.07. The Morgan fingerprint density at radius 2 is 2.04 bits per heavy atom. The van der Waals surface area contributed by atoms with E-state index in [9.17, 15) is 14.0 Å². The Bertz CT molecular complexity index is 920. The van der Waals surface area contributed by atoms with Gasteiger partial charge in [-0.25, -0.2) is 9.82 Å². The molecule has 1 aromatic heterocycles. The van der Waals surface area contributed by atoms with E-state index < -0.39 is 11.7 Å². The molecule has 0 aliphatic heterocycles. The second-order valence-electron chi connectivity index (χ2n) is 6.44. The number of carbonyl (C=O) groups excluding carboxylic acids is 2. The van der Waals surface area contributed by atoms with Gasteiger partial charge in [0.2, 0.25) is 0 Å². The van der Waals surface area contributed by atoms with Crippen molar-refractivity contribution < 1.29 is 23.1 Å². The molecule has 2 N–H and O–H groups in total. The minimum Gasteiger partial charge on any atom is -0.455 e.